The number of aromatic nitrogens is 1. The molecule has 0 radical (unpaired) electrons. The van der Waals surface area contributed by atoms with Crippen LogP contribution in [0.1, 0.15) is 18.4 Å². The molecule has 0 unspecified atom stereocenters. The summed E-state index contributed by atoms with van der Waals surface area (Å²) in [5.74, 6) is -0.432. The highest BCUT2D eigenvalue weighted by Gasteiger charge is 2.29. The van der Waals surface area contributed by atoms with Crippen molar-refractivity contribution in [1.82, 2.24) is 4.98 Å². The Balaban J connectivity index is 2.15. The maximum atomic E-state index is 13.6. The molecular formula is C13H13FN2O. The van der Waals surface area contributed by atoms with E-state index in [1.165, 1.54) is 12.1 Å². The Morgan fingerprint density at radius 3 is 2.76 bits per heavy atom. The number of anilines is 1. The second-order valence-electron chi connectivity index (χ2n) is 4.03. The molecule has 0 atom stereocenters. The quantitative estimate of drug-likeness (QED) is 0.640. The number of allylic oxidation sites excluding steroid dienone is 2. The van der Waals surface area contributed by atoms with Crippen molar-refractivity contribution in [2.75, 3.05) is 5.32 Å². The standard InChI is InChI=1S/C13H13FN2O/c1-3-8(2)10-6-7-11(15-12(10)14)16-13(17)9-4-5-9/h3,6-7,9H,1-2,4-5H2,(H,15,16,17). The number of hydrogen-bond acceptors (Lipinski definition) is 2. The summed E-state index contributed by atoms with van der Waals surface area (Å²) >= 11 is 0. The summed E-state index contributed by atoms with van der Waals surface area (Å²) in [7, 11) is 0. The summed E-state index contributed by atoms with van der Waals surface area (Å²) < 4.78 is 13.6. The van der Waals surface area contributed by atoms with Crippen molar-refractivity contribution in [1.29, 1.82) is 0 Å². The fourth-order valence-electron chi connectivity index (χ4n) is 1.43. The summed E-state index contributed by atoms with van der Waals surface area (Å²) in [5.41, 5.74) is 0.763. The summed E-state index contributed by atoms with van der Waals surface area (Å²) in [6.45, 7) is 7.16. The van der Waals surface area contributed by atoms with Crippen LogP contribution < -0.4 is 5.32 Å². The molecule has 1 saturated carbocycles. The SMILES string of the molecule is C=CC(=C)c1ccc(NC(=O)C2CC2)nc1F. The number of nitrogens with zero attached hydrogens (tertiary/aromatic N) is 1. The van der Waals surface area contributed by atoms with Gasteiger partial charge in [0.25, 0.3) is 0 Å². The monoisotopic (exact) mass is 232 g/mol. The van der Waals surface area contributed by atoms with E-state index < -0.39 is 5.95 Å². The molecule has 1 fully saturated rings. The molecule has 3 nitrogen and oxygen atoms in total. The molecule has 1 aliphatic carbocycles. The lowest BCUT2D eigenvalue weighted by Gasteiger charge is -2.06. The summed E-state index contributed by atoms with van der Waals surface area (Å²) in [5, 5.41) is 2.58. The molecule has 0 spiro atoms. The fourth-order valence-corrected chi connectivity index (χ4v) is 1.43. The molecule has 2 rings (SSSR count). The van der Waals surface area contributed by atoms with Crippen LogP contribution in [0.3, 0.4) is 0 Å². The van der Waals surface area contributed by atoms with E-state index in [4.69, 9.17) is 0 Å². The first-order chi connectivity index (χ1) is 8.11. The zero-order valence-electron chi connectivity index (χ0n) is 9.37. The summed E-state index contributed by atoms with van der Waals surface area (Å²) in [6, 6.07) is 3.10. The molecule has 1 amide bonds. The van der Waals surface area contributed by atoms with Crippen LogP contribution in [0.5, 0.6) is 0 Å². The molecule has 0 saturated heterocycles. The van der Waals surface area contributed by atoms with Crippen LogP contribution in [-0.2, 0) is 4.79 Å². The van der Waals surface area contributed by atoms with Gasteiger partial charge in [0, 0.05) is 11.5 Å². The number of carbonyl (C=O) groups is 1. The van der Waals surface area contributed by atoms with Crippen molar-refractivity contribution >= 4 is 17.3 Å². The maximum absolute atomic E-state index is 13.6. The number of pyridine rings is 1. The van der Waals surface area contributed by atoms with Gasteiger partial charge >= 0.3 is 0 Å². The molecule has 1 aliphatic rings. The first-order valence-electron chi connectivity index (χ1n) is 5.41. The van der Waals surface area contributed by atoms with E-state index >= 15 is 0 Å². The van der Waals surface area contributed by atoms with Crippen LogP contribution in [0.25, 0.3) is 5.57 Å². The van der Waals surface area contributed by atoms with Crippen molar-refractivity contribution < 1.29 is 9.18 Å². The van der Waals surface area contributed by atoms with E-state index in [0.717, 1.165) is 12.8 Å². The number of nitrogens with one attached hydrogen (secondary N) is 1. The van der Waals surface area contributed by atoms with Crippen molar-refractivity contribution in [3.8, 4) is 0 Å². The minimum atomic E-state index is -0.650. The topological polar surface area (TPSA) is 42.0 Å². The lowest BCUT2D eigenvalue weighted by Crippen LogP contribution is -2.14. The maximum Gasteiger partial charge on any atom is 0.228 e. The van der Waals surface area contributed by atoms with E-state index in [9.17, 15) is 9.18 Å². The van der Waals surface area contributed by atoms with E-state index in [1.807, 2.05) is 0 Å². The zero-order valence-corrected chi connectivity index (χ0v) is 9.37. The predicted octanol–water partition coefficient (Wildman–Crippen LogP) is 2.77. The van der Waals surface area contributed by atoms with Crippen molar-refractivity contribution in [2.45, 2.75) is 12.8 Å². The second kappa shape index (κ2) is 4.49. The lowest BCUT2D eigenvalue weighted by molar-refractivity contribution is -0.117. The van der Waals surface area contributed by atoms with E-state index in [0.29, 0.717) is 11.1 Å². The van der Waals surface area contributed by atoms with E-state index in [1.54, 1.807) is 6.07 Å². The molecule has 1 N–H and O–H groups in total. The van der Waals surface area contributed by atoms with Crippen LogP contribution in [0, 0.1) is 11.9 Å². The van der Waals surface area contributed by atoms with Crippen LogP contribution in [0.15, 0.2) is 31.4 Å². The number of rotatable bonds is 4. The highest BCUT2D eigenvalue weighted by Crippen LogP contribution is 2.30. The first kappa shape index (κ1) is 11.5. The first-order valence-corrected chi connectivity index (χ1v) is 5.41. The van der Waals surface area contributed by atoms with Gasteiger partial charge in [0.1, 0.15) is 5.82 Å². The second-order valence-corrected chi connectivity index (χ2v) is 4.03. The molecule has 1 aromatic heterocycles. The molecular weight excluding hydrogens is 219 g/mol. The van der Waals surface area contributed by atoms with Gasteiger partial charge in [0.15, 0.2) is 0 Å². The third kappa shape index (κ3) is 2.58. The molecule has 1 heterocycles. The van der Waals surface area contributed by atoms with E-state index in [-0.39, 0.29) is 17.6 Å². The zero-order chi connectivity index (χ0) is 12.4. The molecule has 0 aliphatic heterocycles. The van der Waals surface area contributed by atoms with Crippen LogP contribution >= 0.6 is 0 Å². The average molecular weight is 232 g/mol. The minimum absolute atomic E-state index is 0.0719. The number of hydrogen-bond donors (Lipinski definition) is 1. The Morgan fingerprint density at radius 1 is 1.53 bits per heavy atom. The summed E-state index contributed by atoms with van der Waals surface area (Å²) in [6.07, 6.45) is 3.27. The summed E-state index contributed by atoms with van der Waals surface area (Å²) in [4.78, 5) is 15.1. The van der Waals surface area contributed by atoms with Gasteiger partial charge in [-0.3, -0.25) is 4.79 Å². The highest BCUT2D eigenvalue weighted by molar-refractivity contribution is 5.93. The number of amides is 1. The van der Waals surface area contributed by atoms with Crippen LogP contribution in [0.4, 0.5) is 10.2 Å². The van der Waals surface area contributed by atoms with Gasteiger partial charge in [-0.1, -0.05) is 19.2 Å². The van der Waals surface area contributed by atoms with Gasteiger partial charge in [0.05, 0.1) is 0 Å². The van der Waals surface area contributed by atoms with Crippen molar-refractivity contribution in [2.24, 2.45) is 5.92 Å². The molecule has 1 aromatic rings. The smallest absolute Gasteiger partial charge is 0.228 e. The molecule has 88 valence electrons. The fraction of sp³-hybridized carbons (Fsp3) is 0.231. The van der Waals surface area contributed by atoms with Crippen molar-refractivity contribution in [3.63, 3.8) is 0 Å². The number of carbonyl (C=O) groups excluding carboxylic acids is 1. The molecule has 0 aromatic carbocycles. The Morgan fingerprint density at radius 2 is 2.24 bits per heavy atom. The Labute approximate surface area is 99.1 Å². The minimum Gasteiger partial charge on any atom is -0.310 e. The predicted molar refractivity (Wildman–Crippen MR) is 64.8 cm³/mol. The molecule has 17 heavy (non-hydrogen) atoms. The van der Waals surface area contributed by atoms with Crippen LogP contribution in [-0.4, -0.2) is 10.9 Å². The van der Waals surface area contributed by atoms with Gasteiger partial charge in [-0.25, -0.2) is 4.98 Å². The highest BCUT2D eigenvalue weighted by atomic mass is 19.1. The van der Waals surface area contributed by atoms with Gasteiger partial charge in [-0.05, 0) is 30.5 Å². The van der Waals surface area contributed by atoms with Crippen LogP contribution in [0.2, 0.25) is 0 Å². The van der Waals surface area contributed by atoms with E-state index in [2.05, 4.69) is 23.5 Å². The Hall–Kier alpha value is -1.97. The lowest BCUT2D eigenvalue weighted by atomic mass is 10.1. The molecule has 0 bridgehead atoms. The van der Waals surface area contributed by atoms with Crippen molar-refractivity contribution in [3.05, 3.63) is 42.9 Å². The molecule has 4 heteroatoms. The van der Waals surface area contributed by atoms with Gasteiger partial charge in [-0.15, -0.1) is 0 Å². The van der Waals surface area contributed by atoms with Gasteiger partial charge < -0.3 is 5.32 Å². The average Bonchev–Trinajstić information content (AvgIpc) is 3.12. The Bertz CT molecular complexity index is 492. The van der Waals surface area contributed by atoms with Gasteiger partial charge in [0.2, 0.25) is 11.9 Å². The largest absolute Gasteiger partial charge is 0.310 e. The third-order valence-corrected chi connectivity index (χ3v) is 2.64. The normalized spacial score (nSPS) is 14.2. The third-order valence-electron chi connectivity index (χ3n) is 2.64. The van der Waals surface area contributed by atoms with Gasteiger partial charge in [-0.2, -0.15) is 4.39 Å². The number of halogens is 1. The Kier molecular flexibility index (Phi) is 3.04.